The zero-order chi connectivity index (χ0) is 21.3. The molecule has 6 nitrogen and oxygen atoms in total. The topological polar surface area (TPSA) is 75.7 Å². The monoisotopic (exact) mass is 448 g/mol. The Bertz CT molecular complexity index is 1040. The second-order valence-electron chi connectivity index (χ2n) is 8.19. The lowest BCUT2D eigenvalue weighted by Gasteiger charge is -2.26. The van der Waals surface area contributed by atoms with Crippen LogP contribution in [0.15, 0.2) is 29.2 Å². The van der Waals surface area contributed by atoms with Crippen molar-refractivity contribution in [1.29, 1.82) is 0 Å². The Kier molecular flexibility index (Phi) is 6.18. The number of carbonyl (C=O) groups is 1. The van der Waals surface area contributed by atoms with Crippen molar-refractivity contribution in [3.05, 3.63) is 39.6 Å². The normalized spacial score (nSPS) is 19.9. The zero-order valence-electron chi connectivity index (χ0n) is 17.4. The van der Waals surface area contributed by atoms with Crippen LogP contribution >= 0.6 is 11.3 Å². The number of aryl methyl sites for hydroxylation is 1. The largest absolute Gasteiger partial charge is 0.495 e. The smallest absolute Gasteiger partial charge is 0.265 e. The number of nitrogens with one attached hydrogen (secondary N) is 1. The Morgan fingerprint density at radius 1 is 1.20 bits per heavy atom. The van der Waals surface area contributed by atoms with Crippen LogP contribution in [0.2, 0.25) is 0 Å². The fourth-order valence-electron chi connectivity index (χ4n) is 4.20. The summed E-state index contributed by atoms with van der Waals surface area (Å²) in [7, 11) is -2.08. The molecule has 30 heavy (non-hydrogen) atoms. The van der Waals surface area contributed by atoms with Crippen LogP contribution in [0.4, 0.5) is 5.69 Å². The highest BCUT2D eigenvalue weighted by Gasteiger charge is 2.27. The molecule has 1 saturated heterocycles. The van der Waals surface area contributed by atoms with Crippen molar-refractivity contribution in [2.75, 3.05) is 25.5 Å². The number of hydrogen-bond donors (Lipinski definition) is 1. The lowest BCUT2D eigenvalue weighted by atomic mass is 9.90. The molecule has 2 aromatic rings. The van der Waals surface area contributed by atoms with Gasteiger partial charge < -0.3 is 10.1 Å². The Labute approximate surface area is 182 Å². The van der Waals surface area contributed by atoms with Crippen LogP contribution in [0.5, 0.6) is 5.75 Å². The summed E-state index contributed by atoms with van der Waals surface area (Å²) in [4.78, 5) is 15.0. The van der Waals surface area contributed by atoms with Crippen molar-refractivity contribution in [2.45, 2.75) is 50.3 Å². The summed E-state index contributed by atoms with van der Waals surface area (Å²) in [6, 6.07) is 6.64. The molecule has 1 aromatic heterocycles. The van der Waals surface area contributed by atoms with Gasteiger partial charge in [0.05, 0.1) is 22.6 Å². The van der Waals surface area contributed by atoms with Crippen LogP contribution in [-0.2, 0) is 22.9 Å². The number of benzene rings is 1. The first-order valence-electron chi connectivity index (χ1n) is 10.5. The van der Waals surface area contributed by atoms with E-state index >= 15 is 0 Å². The summed E-state index contributed by atoms with van der Waals surface area (Å²) in [5, 5.41) is 2.88. The minimum absolute atomic E-state index is 0.180. The third-order valence-corrected chi connectivity index (χ3v) is 9.06. The summed E-state index contributed by atoms with van der Waals surface area (Å²) >= 11 is 1.53. The molecule has 1 aliphatic heterocycles. The highest BCUT2D eigenvalue weighted by Crippen LogP contribution is 2.34. The second-order valence-corrected chi connectivity index (χ2v) is 11.3. The molecule has 1 atom stereocenters. The maximum Gasteiger partial charge on any atom is 0.265 e. The standard InChI is InChI=1S/C22H28N2O4S2/c1-15-6-9-20-16(12-15)13-21(29-20)22(25)23-18-14-17(7-8-19(18)28-2)30(26,27)24-10-4-3-5-11-24/h7-8,13-15H,3-6,9-12H2,1-2H3,(H,23,25)/t15-/m1/s1. The van der Waals surface area contributed by atoms with E-state index in [1.165, 1.54) is 39.3 Å². The number of nitrogens with zero attached hydrogens (tertiary/aromatic N) is 1. The van der Waals surface area contributed by atoms with Gasteiger partial charge >= 0.3 is 0 Å². The number of sulfonamides is 1. The number of hydrogen-bond acceptors (Lipinski definition) is 5. The molecule has 1 N–H and O–H groups in total. The van der Waals surface area contributed by atoms with Crippen molar-refractivity contribution in [2.24, 2.45) is 5.92 Å². The highest BCUT2D eigenvalue weighted by atomic mass is 32.2. The third-order valence-electron chi connectivity index (χ3n) is 5.92. The van der Waals surface area contributed by atoms with Gasteiger partial charge in [0, 0.05) is 18.0 Å². The fraction of sp³-hybridized carbons (Fsp3) is 0.500. The van der Waals surface area contributed by atoms with Crippen molar-refractivity contribution >= 4 is 33.0 Å². The molecule has 0 radical (unpaired) electrons. The Morgan fingerprint density at radius 3 is 2.70 bits per heavy atom. The van der Waals surface area contributed by atoms with E-state index in [1.807, 2.05) is 6.07 Å². The maximum absolute atomic E-state index is 13.0. The summed E-state index contributed by atoms with van der Waals surface area (Å²) in [5.41, 5.74) is 1.64. The number of rotatable bonds is 5. The van der Waals surface area contributed by atoms with Crippen LogP contribution in [0.3, 0.4) is 0 Å². The summed E-state index contributed by atoms with van der Waals surface area (Å²) in [6.07, 6.45) is 5.98. The molecule has 0 unspecified atom stereocenters. The van der Waals surface area contributed by atoms with Crippen molar-refractivity contribution in [3.8, 4) is 5.75 Å². The number of anilines is 1. The Balaban J connectivity index is 1.59. The van der Waals surface area contributed by atoms with Crippen LogP contribution in [0, 0.1) is 5.92 Å². The molecular weight excluding hydrogens is 420 g/mol. The Hall–Kier alpha value is -1.90. The van der Waals surface area contributed by atoms with E-state index in [2.05, 4.69) is 12.2 Å². The molecule has 2 heterocycles. The number of piperidine rings is 1. The van der Waals surface area contributed by atoms with E-state index < -0.39 is 10.0 Å². The minimum atomic E-state index is -3.59. The summed E-state index contributed by atoms with van der Waals surface area (Å²) in [5.74, 6) is 0.851. The van der Waals surface area contributed by atoms with Crippen molar-refractivity contribution in [3.63, 3.8) is 0 Å². The lowest BCUT2D eigenvalue weighted by molar-refractivity contribution is 0.103. The van der Waals surface area contributed by atoms with Gasteiger partial charge in [-0.1, -0.05) is 13.3 Å². The van der Waals surface area contributed by atoms with Crippen LogP contribution in [0.25, 0.3) is 0 Å². The molecule has 0 bridgehead atoms. The van der Waals surface area contributed by atoms with Gasteiger partial charge in [-0.05, 0) is 67.9 Å². The van der Waals surface area contributed by atoms with Gasteiger partial charge in [-0.2, -0.15) is 4.31 Å². The molecule has 2 aliphatic rings. The average molecular weight is 449 g/mol. The number of amides is 1. The molecule has 1 amide bonds. The van der Waals surface area contributed by atoms with Gasteiger partial charge in [0.25, 0.3) is 5.91 Å². The average Bonchev–Trinajstić information content (AvgIpc) is 3.17. The quantitative estimate of drug-likeness (QED) is 0.740. The lowest BCUT2D eigenvalue weighted by Crippen LogP contribution is -2.35. The molecule has 1 aromatic carbocycles. The zero-order valence-corrected chi connectivity index (χ0v) is 19.1. The summed E-state index contributed by atoms with van der Waals surface area (Å²) < 4.78 is 33.0. The van der Waals surface area contributed by atoms with E-state index in [0.29, 0.717) is 35.3 Å². The maximum atomic E-state index is 13.0. The fourth-order valence-corrected chi connectivity index (χ4v) is 6.85. The number of fused-ring (bicyclic) bond motifs is 1. The van der Waals surface area contributed by atoms with Crippen LogP contribution in [0.1, 0.15) is 52.7 Å². The van der Waals surface area contributed by atoms with E-state index in [0.717, 1.165) is 38.5 Å². The molecule has 8 heteroatoms. The summed E-state index contributed by atoms with van der Waals surface area (Å²) in [6.45, 7) is 3.31. The first-order valence-corrected chi connectivity index (χ1v) is 12.8. The van der Waals surface area contributed by atoms with E-state index in [4.69, 9.17) is 4.74 Å². The highest BCUT2D eigenvalue weighted by molar-refractivity contribution is 7.89. The number of ether oxygens (including phenoxy) is 1. The van der Waals surface area contributed by atoms with E-state index in [1.54, 1.807) is 12.1 Å². The number of carbonyl (C=O) groups excluding carboxylic acids is 1. The predicted octanol–water partition coefficient (Wildman–Crippen LogP) is 4.31. The number of methoxy groups -OCH3 is 1. The molecule has 0 saturated carbocycles. The van der Waals surface area contributed by atoms with Crippen molar-refractivity contribution in [1.82, 2.24) is 4.31 Å². The Morgan fingerprint density at radius 2 is 1.97 bits per heavy atom. The second kappa shape index (κ2) is 8.69. The van der Waals surface area contributed by atoms with Crippen LogP contribution in [-0.4, -0.2) is 38.8 Å². The minimum Gasteiger partial charge on any atom is -0.495 e. The van der Waals surface area contributed by atoms with E-state index in [-0.39, 0.29) is 10.8 Å². The molecule has 1 aliphatic carbocycles. The molecular formula is C22H28N2O4S2. The third kappa shape index (κ3) is 4.26. The van der Waals surface area contributed by atoms with Gasteiger partial charge in [-0.15, -0.1) is 11.3 Å². The molecule has 0 spiro atoms. The van der Waals surface area contributed by atoms with E-state index in [9.17, 15) is 13.2 Å². The van der Waals surface area contributed by atoms with Crippen molar-refractivity contribution < 1.29 is 17.9 Å². The van der Waals surface area contributed by atoms with Gasteiger partial charge in [-0.25, -0.2) is 8.42 Å². The van der Waals surface area contributed by atoms with Gasteiger partial charge in [0.2, 0.25) is 10.0 Å². The molecule has 1 fully saturated rings. The van der Waals surface area contributed by atoms with Crippen LogP contribution < -0.4 is 10.1 Å². The first-order chi connectivity index (χ1) is 14.4. The SMILES string of the molecule is COc1ccc(S(=O)(=O)N2CCCCC2)cc1NC(=O)c1cc2c(s1)CC[C@@H](C)C2. The predicted molar refractivity (Wildman–Crippen MR) is 119 cm³/mol. The molecule has 4 rings (SSSR count). The molecule has 162 valence electrons. The van der Waals surface area contributed by atoms with Gasteiger partial charge in [-0.3, -0.25) is 4.79 Å². The van der Waals surface area contributed by atoms with Gasteiger partial charge in [0.15, 0.2) is 0 Å². The first kappa shape index (κ1) is 21.3. The number of thiophene rings is 1. The van der Waals surface area contributed by atoms with Gasteiger partial charge in [0.1, 0.15) is 5.75 Å².